The molecule has 1 atom stereocenters. The van der Waals surface area contributed by atoms with Gasteiger partial charge in [0.05, 0.1) is 12.6 Å². The van der Waals surface area contributed by atoms with E-state index < -0.39 is 5.60 Å². The molecule has 0 spiro atoms. The van der Waals surface area contributed by atoms with Crippen LogP contribution in [0.3, 0.4) is 0 Å². The summed E-state index contributed by atoms with van der Waals surface area (Å²) in [6.07, 6.45) is 4.20. The maximum absolute atomic E-state index is 12.1. The molecule has 1 saturated heterocycles. The number of carbonyl (C=O) groups excluding carboxylic acids is 1. The number of nitrogens with zero attached hydrogens (tertiary/aromatic N) is 1. The van der Waals surface area contributed by atoms with Crippen LogP contribution in [0.4, 0.5) is 4.79 Å². The fraction of sp³-hybridized carbons (Fsp3) is 0.923. The molecule has 4 heteroatoms. The Bertz CT molecular complexity index is 248. The molecule has 1 rings (SSSR count). The third kappa shape index (κ3) is 4.94. The Hall–Kier alpha value is -0.770. The van der Waals surface area contributed by atoms with Gasteiger partial charge in [0.1, 0.15) is 5.60 Å². The first-order chi connectivity index (χ1) is 7.94. The average Bonchev–Trinajstić information content (AvgIpc) is 2.41. The van der Waals surface area contributed by atoms with Crippen LogP contribution in [-0.2, 0) is 9.47 Å². The van der Waals surface area contributed by atoms with Crippen LogP contribution in [0.1, 0.15) is 46.5 Å². The van der Waals surface area contributed by atoms with Crippen LogP contribution in [0.2, 0.25) is 0 Å². The first-order valence-corrected chi connectivity index (χ1v) is 6.42. The van der Waals surface area contributed by atoms with Crippen molar-refractivity contribution in [3.05, 3.63) is 0 Å². The minimum Gasteiger partial charge on any atom is -0.444 e. The molecule has 0 aromatic rings. The summed E-state index contributed by atoms with van der Waals surface area (Å²) in [5.41, 5.74) is -0.430. The molecular weight excluding hydrogens is 218 g/mol. The van der Waals surface area contributed by atoms with Gasteiger partial charge in [-0.2, -0.15) is 0 Å². The van der Waals surface area contributed by atoms with E-state index in [0.29, 0.717) is 6.61 Å². The molecule has 0 bridgehead atoms. The highest BCUT2D eigenvalue weighted by atomic mass is 16.6. The van der Waals surface area contributed by atoms with Crippen molar-refractivity contribution in [1.82, 2.24) is 4.90 Å². The van der Waals surface area contributed by atoms with Crippen LogP contribution in [0, 0.1) is 0 Å². The Balaban J connectivity index is 2.64. The number of carbonyl (C=O) groups is 1. The third-order valence-electron chi connectivity index (χ3n) is 2.86. The summed E-state index contributed by atoms with van der Waals surface area (Å²) < 4.78 is 10.6. The van der Waals surface area contributed by atoms with Gasteiger partial charge in [0, 0.05) is 13.7 Å². The smallest absolute Gasteiger partial charge is 0.410 e. The monoisotopic (exact) mass is 243 g/mol. The second kappa shape index (κ2) is 6.24. The van der Waals surface area contributed by atoms with Crippen LogP contribution >= 0.6 is 0 Å². The molecule has 1 unspecified atom stereocenters. The number of amides is 1. The number of hydrogen-bond donors (Lipinski definition) is 0. The van der Waals surface area contributed by atoms with Crippen LogP contribution in [0.5, 0.6) is 0 Å². The highest BCUT2D eigenvalue weighted by Crippen LogP contribution is 2.20. The lowest BCUT2D eigenvalue weighted by Gasteiger charge is -2.31. The highest BCUT2D eigenvalue weighted by molar-refractivity contribution is 5.68. The Morgan fingerprint density at radius 3 is 2.59 bits per heavy atom. The van der Waals surface area contributed by atoms with Crippen molar-refractivity contribution < 1.29 is 14.3 Å². The van der Waals surface area contributed by atoms with E-state index in [0.717, 1.165) is 25.8 Å². The normalized spacial score (nSPS) is 22.1. The van der Waals surface area contributed by atoms with E-state index in [-0.39, 0.29) is 12.1 Å². The van der Waals surface area contributed by atoms with Gasteiger partial charge in [-0.15, -0.1) is 0 Å². The minimum absolute atomic E-state index is 0.164. The van der Waals surface area contributed by atoms with Crippen molar-refractivity contribution in [2.24, 2.45) is 0 Å². The SMILES string of the molecule is COCC1CCCCCN1C(=O)OC(C)(C)C. The van der Waals surface area contributed by atoms with E-state index in [1.165, 1.54) is 6.42 Å². The van der Waals surface area contributed by atoms with Crippen molar-refractivity contribution in [2.75, 3.05) is 20.3 Å². The molecule has 0 aliphatic carbocycles. The number of hydrogen-bond acceptors (Lipinski definition) is 3. The molecule has 0 aromatic carbocycles. The van der Waals surface area contributed by atoms with Crippen LogP contribution in [-0.4, -0.2) is 42.9 Å². The summed E-state index contributed by atoms with van der Waals surface area (Å²) in [4.78, 5) is 13.9. The zero-order valence-corrected chi connectivity index (χ0v) is 11.5. The summed E-state index contributed by atoms with van der Waals surface area (Å²) in [6.45, 7) is 7.07. The summed E-state index contributed by atoms with van der Waals surface area (Å²) in [7, 11) is 1.68. The fourth-order valence-electron chi connectivity index (χ4n) is 2.10. The van der Waals surface area contributed by atoms with E-state index in [2.05, 4.69) is 0 Å². The van der Waals surface area contributed by atoms with E-state index >= 15 is 0 Å². The van der Waals surface area contributed by atoms with Crippen molar-refractivity contribution in [1.29, 1.82) is 0 Å². The van der Waals surface area contributed by atoms with Gasteiger partial charge >= 0.3 is 6.09 Å². The Morgan fingerprint density at radius 1 is 1.29 bits per heavy atom. The quantitative estimate of drug-likeness (QED) is 0.748. The molecule has 1 heterocycles. The maximum atomic E-state index is 12.1. The summed E-state index contributed by atoms with van der Waals surface area (Å²) in [5.74, 6) is 0. The second-order valence-electron chi connectivity index (χ2n) is 5.63. The van der Waals surface area contributed by atoms with Crippen molar-refractivity contribution >= 4 is 6.09 Å². The molecular formula is C13H25NO3. The van der Waals surface area contributed by atoms with E-state index in [1.54, 1.807) is 7.11 Å². The number of likely N-dealkylation sites (tertiary alicyclic amines) is 1. The van der Waals surface area contributed by atoms with Crippen LogP contribution in [0.15, 0.2) is 0 Å². The first kappa shape index (κ1) is 14.3. The Kier molecular flexibility index (Phi) is 5.25. The molecule has 4 nitrogen and oxygen atoms in total. The summed E-state index contributed by atoms with van der Waals surface area (Å²) in [5, 5.41) is 0. The molecule has 0 aromatic heterocycles. The third-order valence-corrected chi connectivity index (χ3v) is 2.86. The lowest BCUT2D eigenvalue weighted by atomic mass is 10.1. The van der Waals surface area contributed by atoms with Gasteiger partial charge in [-0.1, -0.05) is 12.8 Å². The largest absolute Gasteiger partial charge is 0.444 e. The Morgan fingerprint density at radius 2 is 2.00 bits per heavy atom. The topological polar surface area (TPSA) is 38.8 Å². The summed E-state index contributed by atoms with van der Waals surface area (Å²) >= 11 is 0. The van der Waals surface area contributed by atoms with Crippen LogP contribution in [0.25, 0.3) is 0 Å². The minimum atomic E-state index is -0.430. The molecule has 17 heavy (non-hydrogen) atoms. The number of methoxy groups -OCH3 is 1. The van der Waals surface area contributed by atoms with Gasteiger partial charge in [0.2, 0.25) is 0 Å². The number of ether oxygens (including phenoxy) is 2. The fourth-order valence-corrected chi connectivity index (χ4v) is 2.10. The molecule has 1 amide bonds. The van der Waals surface area contributed by atoms with E-state index in [9.17, 15) is 4.79 Å². The highest BCUT2D eigenvalue weighted by Gasteiger charge is 2.29. The zero-order chi connectivity index (χ0) is 12.9. The molecule has 0 N–H and O–H groups in total. The predicted molar refractivity (Wildman–Crippen MR) is 67.1 cm³/mol. The average molecular weight is 243 g/mol. The Labute approximate surface area is 104 Å². The summed E-state index contributed by atoms with van der Waals surface area (Å²) in [6, 6.07) is 0.164. The second-order valence-corrected chi connectivity index (χ2v) is 5.63. The predicted octanol–water partition coefficient (Wildman–Crippen LogP) is 2.81. The van der Waals surface area contributed by atoms with Crippen molar-refractivity contribution in [2.45, 2.75) is 58.1 Å². The van der Waals surface area contributed by atoms with Gasteiger partial charge in [-0.05, 0) is 33.6 Å². The van der Waals surface area contributed by atoms with Crippen LogP contribution < -0.4 is 0 Å². The van der Waals surface area contributed by atoms with Gasteiger partial charge < -0.3 is 14.4 Å². The van der Waals surface area contributed by atoms with Crippen molar-refractivity contribution in [3.8, 4) is 0 Å². The van der Waals surface area contributed by atoms with E-state index in [4.69, 9.17) is 9.47 Å². The van der Waals surface area contributed by atoms with E-state index in [1.807, 2.05) is 25.7 Å². The van der Waals surface area contributed by atoms with Crippen molar-refractivity contribution in [3.63, 3.8) is 0 Å². The molecule has 0 saturated carbocycles. The first-order valence-electron chi connectivity index (χ1n) is 6.42. The van der Waals surface area contributed by atoms with Gasteiger partial charge in [-0.25, -0.2) is 4.79 Å². The maximum Gasteiger partial charge on any atom is 0.410 e. The number of rotatable bonds is 2. The standard InChI is InChI=1S/C13H25NO3/c1-13(2,3)17-12(15)14-9-7-5-6-8-11(14)10-16-4/h11H,5-10H2,1-4H3. The molecule has 1 aliphatic rings. The molecule has 1 aliphatic heterocycles. The zero-order valence-electron chi connectivity index (χ0n) is 11.5. The lowest BCUT2D eigenvalue weighted by Crippen LogP contribution is -2.45. The van der Waals surface area contributed by atoms with Gasteiger partial charge in [0.15, 0.2) is 0 Å². The lowest BCUT2D eigenvalue weighted by molar-refractivity contribution is 0.00660. The van der Waals surface area contributed by atoms with Gasteiger partial charge in [0.25, 0.3) is 0 Å². The molecule has 1 fully saturated rings. The van der Waals surface area contributed by atoms with Gasteiger partial charge in [-0.3, -0.25) is 0 Å². The molecule has 100 valence electrons. The molecule has 0 radical (unpaired) electrons.